The fourth-order valence-electron chi connectivity index (χ4n) is 1.99. The van der Waals surface area contributed by atoms with Gasteiger partial charge < -0.3 is 10.1 Å². The predicted octanol–water partition coefficient (Wildman–Crippen LogP) is 3.98. The Balaban J connectivity index is 2.01. The lowest BCUT2D eigenvalue weighted by atomic mass is 10.1. The van der Waals surface area contributed by atoms with Gasteiger partial charge in [-0.2, -0.15) is 8.78 Å². The van der Waals surface area contributed by atoms with E-state index in [2.05, 4.69) is 15.4 Å². The van der Waals surface area contributed by atoms with E-state index in [1.165, 1.54) is 12.1 Å². The van der Waals surface area contributed by atoms with Crippen molar-refractivity contribution in [2.24, 2.45) is 0 Å². The summed E-state index contributed by atoms with van der Waals surface area (Å²) < 4.78 is 29.2. The molecule has 2 aromatic carbocycles. The molecule has 0 aromatic heterocycles. The molecule has 0 aliphatic carbocycles. The van der Waals surface area contributed by atoms with Gasteiger partial charge in [0.15, 0.2) is 5.11 Å². The Morgan fingerprint density at radius 3 is 2.46 bits per heavy atom. The highest BCUT2D eigenvalue weighted by Gasteiger charge is 2.12. The highest BCUT2D eigenvalue weighted by atomic mass is 32.1. The zero-order valence-corrected chi connectivity index (χ0v) is 13.7. The topological polar surface area (TPSA) is 50.4 Å². The number of aryl methyl sites for hydroxylation is 1. The van der Waals surface area contributed by atoms with Gasteiger partial charge in [0.25, 0.3) is 5.91 Å². The van der Waals surface area contributed by atoms with Crippen LogP contribution < -0.4 is 15.4 Å². The van der Waals surface area contributed by atoms with Crippen molar-refractivity contribution in [1.29, 1.82) is 0 Å². The first-order valence-electron chi connectivity index (χ1n) is 7.24. The summed E-state index contributed by atoms with van der Waals surface area (Å²) in [5.74, 6) is -0.446. The van der Waals surface area contributed by atoms with Crippen LogP contribution in [0.1, 0.15) is 22.8 Å². The van der Waals surface area contributed by atoms with Crippen molar-refractivity contribution in [3.63, 3.8) is 0 Å². The lowest BCUT2D eigenvalue weighted by molar-refractivity contribution is -0.0493. The maximum Gasteiger partial charge on any atom is 0.387 e. The van der Waals surface area contributed by atoms with Gasteiger partial charge in [0.2, 0.25) is 0 Å². The molecule has 0 unspecified atom stereocenters. The molecule has 0 bridgehead atoms. The Morgan fingerprint density at radius 1 is 1.17 bits per heavy atom. The number of para-hydroxylation sites is 2. The number of ether oxygens (including phenoxy) is 1. The molecule has 0 radical (unpaired) electrons. The second kappa shape index (κ2) is 8.35. The van der Waals surface area contributed by atoms with Gasteiger partial charge in [-0.05, 0) is 48.5 Å². The van der Waals surface area contributed by atoms with Crippen LogP contribution in [0.25, 0.3) is 0 Å². The highest BCUT2D eigenvalue weighted by molar-refractivity contribution is 7.80. The minimum absolute atomic E-state index is 0.00937. The summed E-state index contributed by atoms with van der Waals surface area (Å²) >= 11 is 5.05. The minimum Gasteiger partial charge on any atom is -0.433 e. The first-order chi connectivity index (χ1) is 11.5. The Hall–Kier alpha value is -2.54. The standard InChI is InChI=1S/C17H16F2N2O2S/c1-2-11-7-9-12(10-8-11)15(22)21-17(24)20-13-5-3-4-6-14(13)23-16(18)19/h3-10,16H,2H2,1H3,(H2,20,21,22,24). The quantitative estimate of drug-likeness (QED) is 0.801. The number of anilines is 1. The molecule has 0 heterocycles. The SMILES string of the molecule is CCc1ccc(C(=O)NC(=S)Nc2ccccc2OC(F)F)cc1. The van der Waals surface area contributed by atoms with Crippen molar-refractivity contribution in [3.05, 3.63) is 59.7 Å². The van der Waals surface area contributed by atoms with Crippen LogP contribution >= 0.6 is 12.2 Å². The molecule has 126 valence electrons. The molecule has 2 aromatic rings. The minimum atomic E-state index is -2.95. The number of carbonyl (C=O) groups excluding carboxylic acids is 1. The largest absolute Gasteiger partial charge is 0.433 e. The van der Waals surface area contributed by atoms with E-state index in [4.69, 9.17) is 12.2 Å². The van der Waals surface area contributed by atoms with E-state index in [0.717, 1.165) is 12.0 Å². The van der Waals surface area contributed by atoms with E-state index in [1.54, 1.807) is 24.3 Å². The molecule has 2 rings (SSSR count). The Bertz CT molecular complexity index is 721. The molecule has 0 atom stereocenters. The monoisotopic (exact) mass is 350 g/mol. The number of alkyl halides is 2. The smallest absolute Gasteiger partial charge is 0.387 e. The molecule has 24 heavy (non-hydrogen) atoms. The fourth-order valence-corrected chi connectivity index (χ4v) is 2.19. The number of hydrogen-bond acceptors (Lipinski definition) is 3. The van der Waals surface area contributed by atoms with E-state index >= 15 is 0 Å². The van der Waals surface area contributed by atoms with Gasteiger partial charge in [-0.1, -0.05) is 31.2 Å². The summed E-state index contributed by atoms with van der Waals surface area (Å²) in [6, 6.07) is 13.2. The molecular formula is C17H16F2N2O2S. The van der Waals surface area contributed by atoms with Gasteiger partial charge in [0.05, 0.1) is 5.69 Å². The summed E-state index contributed by atoms with van der Waals surface area (Å²) in [6.45, 7) is -0.930. The zero-order chi connectivity index (χ0) is 17.5. The van der Waals surface area contributed by atoms with Gasteiger partial charge in [-0.15, -0.1) is 0 Å². The molecular weight excluding hydrogens is 334 g/mol. The second-order valence-corrected chi connectivity index (χ2v) is 5.24. The number of nitrogens with one attached hydrogen (secondary N) is 2. The number of amides is 1. The Kier molecular flexibility index (Phi) is 6.20. The normalized spacial score (nSPS) is 10.3. The van der Waals surface area contributed by atoms with Crippen LogP contribution in [0.5, 0.6) is 5.75 Å². The van der Waals surface area contributed by atoms with Crippen molar-refractivity contribution < 1.29 is 18.3 Å². The number of benzene rings is 2. The summed E-state index contributed by atoms with van der Waals surface area (Å²) in [4.78, 5) is 12.1. The molecule has 0 aliphatic rings. The van der Waals surface area contributed by atoms with Crippen LogP contribution in [-0.4, -0.2) is 17.6 Å². The van der Waals surface area contributed by atoms with Crippen molar-refractivity contribution >= 4 is 28.9 Å². The molecule has 0 aliphatic heterocycles. The van der Waals surface area contributed by atoms with Gasteiger partial charge >= 0.3 is 6.61 Å². The van der Waals surface area contributed by atoms with E-state index in [0.29, 0.717) is 5.56 Å². The van der Waals surface area contributed by atoms with E-state index < -0.39 is 6.61 Å². The molecule has 1 amide bonds. The number of carbonyl (C=O) groups is 1. The van der Waals surface area contributed by atoms with E-state index in [9.17, 15) is 13.6 Å². The Labute approximate surface area is 143 Å². The van der Waals surface area contributed by atoms with Gasteiger partial charge in [-0.3, -0.25) is 10.1 Å². The van der Waals surface area contributed by atoms with E-state index in [1.807, 2.05) is 19.1 Å². The van der Waals surface area contributed by atoms with Gasteiger partial charge in [0.1, 0.15) is 5.75 Å². The third-order valence-corrected chi connectivity index (χ3v) is 3.41. The second-order valence-electron chi connectivity index (χ2n) is 4.83. The van der Waals surface area contributed by atoms with Crippen molar-refractivity contribution in [2.45, 2.75) is 20.0 Å². The predicted molar refractivity (Wildman–Crippen MR) is 92.6 cm³/mol. The van der Waals surface area contributed by atoms with Crippen LogP contribution in [0.4, 0.5) is 14.5 Å². The third kappa shape index (κ3) is 4.99. The number of halogens is 2. The fraction of sp³-hybridized carbons (Fsp3) is 0.176. The van der Waals surface area contributed by atoms with Gasteiger partial charge in [-0.25, -0.2) is 0 Å². The first kappa shape index (κ1) is 17.8. The molecule has 0 fully saturated rings. The zero-order valence-electron chi connectivity index (χ0n) is 12.9. The maximum atomic E-state index is 12.4. The summed E-state index contributed by atoms with van der Waals surface area (Å²) in [6.07, 6.45) is 0.878. The number of rotatable bonds is 5. The lowest BCUT2D eigenvalue weighted by Gasteiger charge is -2.13. The van der Waals surface area contributed by atoms with Crippen molar-refractivity contribution in [2.75, 3.05) is 5.32 Å². The molecule has 0 saturated heterocycles. The average molecular weight is 350 g/mol. The summed E-state index contributed by atoms with van der Waals surface area (Å²) in [7, 11) is 0. The summed E-state index contributed by atoms with van der Waals surface area (Å²) in [5.41, 5.74) is 1.81. The average Bonchev–Trinajstić information content (AvgIpc) is 2.56. The van der Waals surface area contributed by atoms with Crippen LogP contribution in [-0.2, 0) is 6.42 Å². The van der Waals surface area contributed by atoms with Crippen molar-refractivity contribution in [1.82, 2.24) is 5.32 Å². The van der Waals surface area contributed by atoms with E-state index in [-0.39, 0.29) is 22.5 Å². The maximum absolute atomic E-state index is 12.4. The molecule has 0 spiro atoms. The number of hydrogen-bond donors (Lipinski definition) is 2. The lowest BCUT2D eigenvalue weighted by Crippen LogP contribution is -2.34. The molecule has 7 heteroatoms. The molecule has 2 N–H and O–H groups in total. The van der Waals surface area contributed by atoms with Crippen molar-refractivity contribution in [3.8, 4) is 5.75 Å². The highest BCUT2D eigenvalue weighted by Crippen LogP contribution is 2.25. The summed E-state index contributed by atoms with van der Waals surface area (Å²) in [5, 5.41) is 5.17. The number of thiocarbonyl (C=S) groups is 1. The first-order valence-corrected chi connectivity index (χ1v) is 7.65. The van der Waals surface area contributed by atoms with Crippen LogP contribution in [0.15, 0.2) is 48.5 Å². The van der Waals surface area contributed by atoms with Crippen LogP contribution in [0.2, 0.25) is 0 Å². The third-order valence-electron chi connectivity index (χ3n) is 3.20. The molecule has 0 saturated carbocycles. The Morgan fingerprint density at radius 2 is 1.83 bits per heavy atom. The van der Waals surface area contributed by atoms with Gasteiger partial charge in [0, 0.05) is 5.56 Å². The van der Waals surface area contributed by atoms with Crippen LogP contribution in [0.3, 0.4) is 0 Å². The van der Waals surface area contributed by atoms with Crippen LogP contribution in [0, 0.1) is 0 Å². The molecule has 4 nitrogen and oxygen atoms in total.